The van der Waals surface area contributed by atoms with E-state index in [-0.39, 0.29) is 0 Å². The van der Waals surface area contributed by atoms with Gasteiger partial charge in [-0.2, -0.15) is 0 Å². The molecule has 0 aromatic rings. The molecular formula is C11H21NO4. The van der Waals surface area contributed by atoms with Crippen LogP contribution in [0.25, 0.3) is 0 Å². The van der Waals surface area contributed by atoms with Crippen molar-refractivity contribution >= 4 is 11.9 Å². The van der Waals surface area contributed by atoms with E-state index in [2.05, 4.69) is 10.1 Å². The molecule has 0 aromatic heterocycles. The number of carbonyl (C=O) groups excluding carboxylic acids is 1. The average Bonchev–Trinajstić information content (AvgIpc) is 2.21. The number of rotatable bonds is 7. The number of nitrogens with one attached hydrogen (secondary N) is 1. The van der Waals surface area contributed by atoms with Gasteiger partial charge in [-0.1, -0.05) is 20.8 Å². The standard InChI is InChI=1S/C11H21NO4/c1-5-8(10(13)14)12-9(6-7(2)3)11(15)16-4/h7-9,12H,5-6H2,1-4H3,(H,13,14). The van der Waals surface area contributed by atoms with Gasteiger partial charge in [0.2, 0.25) is 0 Å². The van der Waals surface area contributed by atoms with Crippen molar-refractivity contribution in [1.82, 2.24) is 5.32 Å². The number of carboxylic acid groups (broad SMARTS) is 1. The summed E-state index contributed by atoms with van der Waals surface area (Å²) in [5.41, 5.74) is 0. The minimum Gasteiger partial charge on any atom is -0.480 e. The monoisotopic (exact) mass is 231 g/mol. The van der Waals surface area contributed by atoms with Crippen LogP contribution in [0.4, 0.5) is 0 Å². The normalized spacial score (nSPS) is 14.6. The molecule has 16 heavy (non-hydrogen) atoms. The van der Waals surface area contributed by atoms with Crippen LogP contribution < -0.4 is 5.32 Å². The second kappa shape index (κ2) is 7.22. The molecule has 94 valence electrons. The summed E-state index contributed by atoms with van der Waals surface area (Å²) in [5.74, 6) is -1.06. The van der Waals surface area contributed by atoms with Gasteiger partial charge in [-0.05, 0) is 18.8 Å². The van der Waals surface area contributed by atoms with E-state index in [0.29, 0.717) is 18.8 Å². The molecule has 0 heterocycles. The molecule has 0 aliphatic rings. The minimum absolute atomic E-state index is 0.294. The number of hydrogen-bond donors (Lipinski definition) is 2. The Morgan fingerprint density at radius 2 is 1.88 bits per heavy atom. The summed E-state index contributed by atoms with van der Waals surface area (Å²) in [6.45, 7) is 5.70. The van der Waals surface area contributed by atoms with Crippen molar-refractivity contribution < 1.29 is 19.4 Å². The van der Waals surface area contributed by atoms with Crippen LogP contribution in [0.3, 0.4) is 0 Å². The van der Waals surface area contributed by atoms with Gasteiger partial charge in [-0.25, -0.2) is 0 Å². The van der Waals surface area contributed by atoms with E-state index >= 15 is 0 Å². The van der Waals surface area contributed by atoms with Crippen LogP contribution in [-0.4, -0.2) is 36.2 Å². The van der Waals surface area contributed by atoms with Crippen molar-refractivity contribution in [2.75, 3.05) is 7.11 Å². The summed E-state index contributed by atoms with van der Waals surface area (Å²) in [7, 11) is 1.30. The largest absolute Gasteiger partial charge is 0.480 e. The van der Waals surface area contributed by atoms with Crippen LogP contribution in [0.2, 0.25) is 0 Å². The summed E-state index contributed by atoms with van der Waals surface area (Å²) >= 11 is 0. The van der Waals surface area contributed by atoms with Gasteiger partial charge in [0.15, 0.2) is 0 Å². The molecule has 0 saturated carbocycles. The topological polar surface area (TPSA) is 75.6 Å². The van der Waals surface area contributed by atoms with Crippen LogP contribution in [0.5, 0.6) is 0 Å². The number of carboxylic acids is 1. The summed E-state index contributed by atoms with van der Waals surface area (Å²) in [6, 6.07) is -1.26. The van der Waals surface area contributed by atoms with Gasteiger partial charge in [-0.15, -0.1) is 0 Å². The molecule has 0 aliphatic heterocycles. The molecule has 5 nitrogen and oxygen atoms in total. The molecule has 0 bridgehead atoms. The van der Waals surface area contributed by atoms with Gasteiger partial charge in [0.1, 0.15) is 12.1 Å². The number of aliphatic carboxylic acids is 1. The van der Waals surface area contributed by atoms with Crippen molar-refractivity contribution in [3.63, 3.8) is 0 Å². The van der Waals surface area contributed by atoms with E-state index < -0.39 is 24.0 Å². The molecular weight excluding hydrogens is 210 g/mol. The Bertz CT molecular complexity index is 240. The molecule has 5 heteroatoms. The van der Waals surface area contributed by atoms with Gasteiger partial charge in [0.05, 0.1) is 7.11 Å². The molecule has 0 spiro atoms. The first kappa shape index (κ1) is 14.9. The lowest BCUT2D eigenvalue weighted by atomic mass is 10.0. The SMILES string of the molecule is CCC(NC(CC(C)C)C(=O)OC)C(=O)O. The Morgan fingerprint density at radius 1 is 1.31 bits per heavy atom. The molecule has 0 fully saturated rings. The molecule has 0 saturated heterocycles. The smallest absolute Gasteiger partial charge is 0.322 e. The zero-order chi connectivity index (χ0) is 12.7. The molecule has 0 radical (unpaired) electrons. The number of ether oxygens (including phenoxy) is 1. The first-order chi connectivity index (χ1) is 7.42. The first-order valence-electron chi connectivity index (χ1n) is 5.49. The fraction of sp³-hybridized carbons (Fsp3) is 0.818. The van der Waals surface area contributed by atoms with Crippen molar-refractivity contribution in [1.29, 1.82) is 0 Å². The molecule has 0 aliphatic carbocycles. The highest BCUT2D eigenvalue weighted by molar-refractivity contribution is 5.78. The minimum atomic E-state index is -0.944. The van der Waals surface area contributed by atoms with Crippen LogP contribution >= 0.6 is 0 Å². The molecule has 2 N–H and O–H groups in total. The third kappa shape index (κ3) is 5.11. The summed E-state index contributed by atoms with van der Waals surface area (Å²) in [4.78, 5) is 22.3. The van der Waals surface area contributed by atoms with Crippen molar-refractivity contribution in [2.45, 2.75) is 45.7 Å². The third-order valence-corrected chi connectivity index (χ3v) is 2.30. The number of carbonyl (C=O) groups is 2. The summed E-state index contributed by atoms with van der Waals surface area (Å²) in [6.07, 6.45) is 0.997. The third-order valence-electron chi connectivity index (χ3n) is 2.30. The maximum absolute atomic E-state index is 11.4. The van der Waals surface area contributed by atoms with Gasteiger partial charge in [0.25, 0.3) is 0 Å². The number of hydrogen-bond acceptors (Lipinski definition) is 4. The van der Waals surface area contributed by atoms with E-state index in [4.69, 9.17) is 5.11 Å². The lowest BCUT2D eigenvalue weighted by Gasteiger charge is -2.21. The lowest BCUT2D eigenvalue weighted by Crippen LogP contribution is -2.47. The zero-order valence-electron chi connectivity index (χ0n) is 10.3. The highest BCUT2D eigenvalue weighted by Crippen LogP contribution is 2.08. The highest BCUT2D eigenvalue weighted by Gasteiger charge is 2.26. The molecule has 0 rings (SSSR count). The van der Waals surface area contributed by atoms with Crippen LogP contribution in [-0.2, 0) is 14.3 Å². The molecule has 0 amide bonds. The number of methoxy groups -OCH3 is 1. The van der Waals surface area contributed by atoms with Crippen LogP contribution in [0.15, 0.2) is 0 Å². The zero-order valence-corrected chi connectivity index (χ0v) is 10.3. The Kier molecular flexibility index (Phi) is 6.72. The molecule has 2 atom stereocenters. The second-order valence-electron chi connectivity index (χ2n) is 4.17. The highest BCUT2D eigenvalue weighted by atomic mass is 16.5. The van der Waals surface area contributed by atoms with E-state index in [1.54, 1.807) is 6.92 Å². The fourth-order valence-electron chi connectivity index (χ4n) is 1.45. The Morgan fingerprint density at radius 3 is 2.19 bits per heavy atom. The van der Waals surface area contributed by atoms with Crippen molar-refractivity contribution in [3.8, 4) is 0 Å². The van der Waals surface area contributed by atoms with Gasteiger partial charge >= 0.3 is 11.9 Å². The number of esters is 1. The summed E-state index contributed by atoms with van der Waals surface area (Å²) < 4.78 is 4.64. The second-order valence-corrected chi connectivity index (χ2v) is 4.17. The Labute approximate surface area is 96.2 Å². The van der Waals surface area contributed by atoms with Crippen LogP contribution in [0, 0.1) is 5.92 Å². The van der Waals surface area contributed by atoms with E-state index in [0.717, 1.165) is 0 Å². The lowest BCUT2D eigenvalue weighted by molar-refractivity contribution is -0.145. The van der Waals surface area contributed by atoms with E-state index in [1.807, 2.05) is 13.8 Å². The molecule has 2 unspecified atom stereocenters. The van der Waals surface area contributed by atoms with Crippen molar-refractivity contribution in [2.24, 2.45) is 5.92 Å². The van der Waals surface area contributed by atoms with Gasteiger partial charge in [-0.3, -0.25) is 14.9 Å². The first-order valence-corrected chi connectivity index (χ1v) is 5.49. The van der Waals surface area contributed by atoms with E-state index in [9.17, 15) is 9.59 Å². The average molecular weight is 231 g/mol. The Hall–Kier alpha value is -1.10. The summed E-state index contributed by atoms with van der Waals surface area (Å²) in [5, 5.41) is 11.7. The van der Waals surface area contributed by atoms with Crippen LogP contribution in [0.1, 0.15) is 33.6 Å². The fourth-order valence-corrected chi connectivity index (χ4v) is 1.45. The van der Waals surface area contributed by atoms with Gasteiger partial charge < -0.3 is 9.84 Å². The van der Waals surface area contributed by atoms with Gasteiger partial charge in [0, 0.05) is 0 Å². The quantitative estimate of drug-likeness (QED) is 0.640. The predicted octanol–water partition coefficient (Wildman–Crippen LogP) is 1.03. The van der Waals surface area contributed by atoms with Crippen molar-refractivity contribution in [3.05, 3.63) is 0 Å². The Balaban J connectivity index is 4.51. The van der Waals surface area contributed by atoms with E-state index in [1.165, 1.54) is 7.11 Å². The maximum atomic E-state index is 11.4. The maximum Gasteiger partial charge on any atom is 0.322 e. The molecule has 0 aromatic carbocycles. The predicted molar refractivity (Wildman–Crippen MR) is 60.1 cm³/mol.